The van der Waals surface area contributed by atoms with Crippen LogP contribution in [0.2, 0.25) is 5.02 Å². The van der Waals surface area contributed by atoms with Crippen molar-refractivity contribution in [3.63, 3.8) is 0 Å². The average molecular weight is 305 g/mol. The monoisotopic (exact) mass is 304 g/mol. The quantitative estimate of drug-likeness (QED) is 0.877. The van der Waals surface area contributed by atoms with Crippen LogP contribution < -0.4 is 10.6 Å². The first-order chi connectivity index (χ1) is 10.1. The summed E-state index contributed by atoms with van der Waals surface area (Å²) in [5.41, 5.74) is 3.36. The Morgan fingerprint density at radius 2 is 2.10 bits per heavy atom. The van der Waals surface area contributed by atoms with E-state index in [1.807, 2.05) is 18.2 Å². The highest BCUT2D eigenvalue weighted by atomic mass is 35.5. The summed E-state index contributed by atoms with van der Waals surface area (Å²) in [6.45, 7) is 0.979. The topological polar surface area (TPSA) is 41.1 Å². The molecule has 3 rings (SSSR count). The van der Waals surface area contributed by atoms with Gasteiger partial charge in [0.1, 0.15) is 5.82 Å². The van der Waals surface area contributed by atoms with E-state index in [2.05, 4.69) is 10.6 Å². The molecule has 0 saturated heterocycles. The Bertz CT molecular complexity index is 703. The third kappa shape index (κ3) is 3.00. The molecule has 2 aromatic rings. The van der Waals surface area contributed by atoms with E-state index in [0.29, 0.717) is 5.56 Å². The normalized spacial score (nSPS) is 13.2. The van der Waals surface area contributed by atoms with E-state index < -0.39 is 5.82 Å². The van der Waals surface area contributed by atoms with Crippen LogP contribution in [0, 0.1) is 5.82 Å². The maximum Gasteiger partial charge on any atom is 0.255 e. The number of carbonyl (C=O) groups excluding carboxylic acids is 1. The number of rotatable bonds is 2. The minimum absolute atomic E-state index is 0.0581. The summed E-state index contributed by atoms with van der Waals surface area (Å²) in [4.78, 5) is 12.1. The Morgan fingerprint density at radius 3 is 2.90 bits per heavy atom. The lowest BCUT2D eigenvalue weighted by Gasteiger charge is -2.18. The zero-order valence-electron chi connectivity index (χ0n) is 11.2. The van der Waals surface area contributed by atoms with Gasteiger partial charge in [-0.1, -0.05) is 11.6 Å². The van der Waals surface area contributed by atoms with Crippen LogP contribution in [-0.4, -0.2) is 12.5 Å². The molecule has 1 aliphatic heterocycles. The first-order valence-electron chi connectivity index (χ1n) is 6.77. The molecule has 2 N–H and O–H groups in total. The number of fused-ring (bicyclic) bond motifs is 1. The number of hydrogen-bond donors (Lipinski definition) is 2. The SMILES string of the molecule is O=C(Nc1ccc2c(c1)CCCN2)c1ccc(F)c(Cl)c1. The van der Waals surface area contributed by atoms with Crippen LogP contribution in [-0.2, 0) is 6.42 Å². The van der Waals surface area contributed by atoms with Crippen molar-refractivity contribution < 1.29 is 9.18 Å². The summed E-state index contributed by atoms with van der Waals surface area (Å²) in [5, 5.41) is 6.07. The van der Waals surface area contributed by atoms with Gasteiger partial charge >= 0.3 is 0 Å². The zero-order valence-corrected chi connectivity index (χ0v) is 12.0. The number of benzene rings is 2. The van der Waals surface area contributed by atoms with Gasteiger partial charge in [0.05, 0.1) is 5.02 Å². The van der Waals surface area contributed by atoms with Crippen LogP contribution in [0.15, 0.2) is 36.4 Å². The van der Waals surface area contributed by atoms with Crippen LogP contribution in [0.4, 0.5) is 15.8 Å². The first-order valence-corrected chi connectivity index (χ1v) is 7.14. The molecule has 0 saturated carbocycles. The van der Waals surface area contributed by atoms with Gasteiger partial charge in [0.25, 0.3) is 5.91 Å². The van der Waals surface area contributed by atoms with Gasteiger partial charge < -0.3 is 10.6 Å². The largest absolute Gasteiger partial charge is 0.385 e. The lowest BCUT2D eigenvalue weighted by Crippen LogP contribution is -2.14. The second kappa shape index (κ2) is 5.74. The maximum atomic E-state index is 13.1. The fraction of sp³-hybridized carbons (Fsp3) is 0.188. The summed E-state index contributed by atoms with van der Waals surface area (Å²) < 4.78 is 13.1. The number of aryl methyl sites for hydroxylation is 1. The molecule has 0 aliphatic carbocycles. The van der Waals surface area contributed by atoms with E-state index in [9.17, 15) is 9.18 Å². The molecule has 2 aromatic carbocycles. The second-order valence-corrected chi connectivity index (χ2v) is 5.39. The predicted octanol–water partition coefficient (Wildman–Crippen LogP) is 4.09. The van der Waals surface area contributed by atoms with Gasteiger partial charge in [-0.15, -0.1) is 0 Å². The van der Waals surface area contributed by atoms with Crippen LogP contribution >= 0.6 is 11.6 Å². The van der Waals surface area contributed by atoms with Crippen LogP contribution in [0.3, 0.4) is 0 Å². The summed E-state index contributed by atoms with van der Waals surface area (Å²) in [7, 11) is 0. The molecule has 108 valence electrons. The molecule has 3 nitrogen and oxygen atoms in total. The number of anilines is 2. The van der Waals surface area contributed by atoms with Crippen LogP contribution in [0.1, 0.15) is 22.3 Å². The van der Waals surface area contributed by atoms with E-state index in [-0.39, 0.29) is 10.9 Å². The Balaban J connectivity index is 1.79. The number of amides is 1. The van der Waals surface area contributed by atoms with Gasteiger partial charge in [0, 0.05) is 23.5 Å². The standard InChI is InChI=1S/C16H14ClFN2O/c17-13-9-11(3-5-14(13)18)16(21)20-12-4-6-15-10(8-12)2-1-7-19-15/h3-6,8-9,19H,1-2,7H2,(H,20,21). The highest BCUT2D eigenvalue weighted by molar-refractivity contribution is 6.31. The van der Waals surface area contributed by atoms with Crippen molar-refractivity contribution in [1.29, 1.82) is 0 Å². The molecule has 5 heteroatoms. The molecule has 1 amide bonds. The first kappa shape index (κ1) is 13.9. The summed E-state index contributed by atoms with van der Waals surface area (Å²) >= 11 is 5.69. The molecule has 0 bridgehead atoms. The number of carbonyl (C=O) groups is 1. The Labute approximate surface area is 127 Å². The average Bonchev–Trinajstić information content (AvgIpc) is 2.50. The summed E-state index contributed by atoms with van der Waals surface area (Å²) in [5.74, 6) is -0.839. The predicted molar refractivity (Wildman–Crippen MR) is 82.6 cm³/mol. The van der Waals surface area contributed by atoms with Crippen molar-refractivity contribution in [2.75, 3.05) is 17.2 Å². The molecule has 21 heavy (non-hydrogen) atoms. The Morgan fingerprint density at radius 1 is 1.24 bits per heavy atom. The van der Waals surface area contributed by atoms with E-state index >= 15 is 0 Å². The molecule has 0 spiro atoms. The third-order valence-corrected chi connectivity index (χ3v) is 3.77. The van der Waals surface area contributed by atoms with Crippen LogP contribution in [0.25, 0.3) is 0 Å². The number of halogens is 2. The number of hydrogen-bond acceptors (Lipinski definition) is 2. The van der Waals surface area contributed by atoms with Crippen molar-refractivity contribution in [1.82, 2.24) is 0 Å². The van der Waals surface area contributed by atoms with Gasteiger partial charge in [0.2, 0.25) is 0 Å². The lowest BCUT2D eigenvalue weighted by molar-refractivity contribution is 0.102. The fourth-order valence-corrected chi connectivity index (χ4v) is 2.57. The van der Waals surface area contributed by atoms with E-state index in [1.54, 1.807) is 0 Å². The van der Waals surface area contributed by atoms with Crippen molar-refractivity contribution in [3.8, 4) is 0 Å². The van der Waals surface area contributed by atoms with Gasteiger partial charge in [-0.25, -0.2) is 4.39 Å². The highest BCUT2D eigenvalue weighted by Crippen LogP contribution is 2.25. The molecule has 0 aromatic heterocycles. The Kier molecular flexibility index (Phi) is 3.80. The highest BCUT2D eigenvalue weighted by Gasteiger charge is 2.12. The van der Waals surface area contributed by atoms with Crippen molar-refractivity contribution in [2.45, 2.75) is 12.8 Å². The summed E-state index contributed by atoms with van der Waals surface area (Å²) in [6, 6.07) is 9.70. The summed E-state index contributed by atoms with van der Waals surface area (Å²) in [6.07, 6.45) is 2.08. The smallest absolute Gasteiger partial charge is 0.255 e. The van der Waals surface area contributed by atoms with E-state index in [0.717, 1.165) is 30.8 Å². The minimum atomic E-state index is -0.534. The van der Waals surface area contributed by atoms with Crippen molar-refractivity contribution >= 4 is 28.9 Å². The van der Waals surface area contributed by atoms with Gasteiger partial charge in [-0.05, 0) is 54.8 Å². The second-order valence-electron chi connectivity index (χ2n) is 4.99. The van der Waals surface area contributed by atoms with Crippen molar-refractivity contribution in [3.05, 3.63) is 58.4 Å². The van der Waals surface area contributed by atoms with Gasteiger partial charge in [-0.3, -0.25) is 4.79 Å². The molecule has 0 atom stereocenters. The molecular weight excluding hydrogens is 291 g/mol. The lowest BCUT2D eigenvalue weighted by atomic mass is 10.0. The molecule has 0 fully saturated rings. The Hall–Kier alpha value is -2.07. The molecule has 1 aliphatic rings. The fourth-order valence-electron chi connectivity index (χ4n) is 2.39. The van der Waals surface area contributed by atoms with Gasteiger partial charge in [-0.2, -0.15) is 0 Å². The number of nitrogens with one attached hydrogen (secondary N) is 2. The maximum absolute atomic E-state index is 13.1. The van der Waals surface area contributed by atoms with Crippen LogP contribution in [0.5, 0.6) is 0 Å². The minimum Gasteiger partial charge on any atom is -0.385 e. The molecule has 0 radical (unpaired) electrons. The van der Waals surface area contributed by atoms with E-state index in [1.165, 1.54) is 23.8 Å². The zero-order chi connectivity index (χ0) is 14.8. The molecule has 0 unspecified atom stereocenters. The van der Waals surface area contributed by atoms with Crippen molar-refractivity contribution in [2.24, 2.45) is 0 Å². The molecule has 1 heterocycles. The molecular formula is C16H14ClFN2O. The van der Waals surface area contributed by atoms with E-state index in [4.69, 9.17) is 11.6 Å². The van der Waals surface area contributed by atoms with Gasteiger partial charge in [0.15, 0.2) is 0 Å². The third-order valence-electron chi connectivity index (χ3n) is 3.48.